The number of anilines is 1. The van der Waals surface area contributed by atoms with E-state index in [1.807, 2.05) is 0 Å². The van der Waals surface area contributed by atoms with Gasteiger partial charge in [0.2, 0.25) is 0 Å². The van der Waals surface area contributed by atoms with E-state index in [-0.39, 0.29) is 28.8 Å². The third-order valence-corrected chi connectivity index (χ3v) is 4.52. The first kappa shape index (κ1) is 15.0. The van der Waals surface area contributed by atoms with Crippen LogP contribution in [0.2, 0.25) is 0 Å². The highest BCUT2D eigenvalue weighted by Crippen LogP contribution is 2.24. The Bertz CT molecular complexity index is 740. The Labute approximate surface area is 125 Å². The summed E-state index contributed by atoms with van der Waals surface area (Å²) in [6.45, 7) is 2.92. The number of aliphatic hydroxyl groups excluding tert-OH is 1. The summed E-state index contributed by atoms with van der Waals surface area (Å²) in [6, 6.07) is 3.05. The topological polar surface area (TPSA) is 92.4 Å². The van der Waals surface area contributed by atoms with Gasteiger partial charge in [0.15, 0.2) is 0 Å². The molecular formula is C12H13BrN2O4S. The number of furan rings is 1. The molecule has 0 aromatic carbocycles. The van der Waals surface area contributed by atoms with Gasteiger partial charge in [-0.1, -0.05) is 0 Å². The number of halogens is 1. The van der Waals surface area contributed by atoms with Crippen LogP contribution in [0.5, 0.6) is 0 Å². The van der Waals surface area contributed by atoms with Gasteiger partial charge in [-0.3, -0.25) is 4.72 Å². The first-order chi connectivity index (χ1) is 9.33. The van der Waals surface area contributed by atoms with Crippen molar-refractivity contribution in [3.63, 3.8) is 0 Å². The Morgan fingerprint density at radius 2 is 2.10 bits per heavy atom. The minimum atomic E-state index is -3.80. The lowest BCUT2D eigenvalue weighted by atomic mass is 10.3. The second kappa shape index (κ2) is 5.55. The molecule has 2 rings (SSSR count). The lowest BCUT2D eigenvalue weighted by Gasteiger charge is -2.08. The van der Waals surface area contributed by atoms with Crippen molar-refractivity contribution >= 4 is 31.8 Å². The molecule has 0 saturated heterocycles. The maximum Gasteiger partial charge on any atom is 0.266 e. The first-order valence-corrected chi connectivity index (χ1v) is 7.96. The van der Waals surface area contributed by atoms with Crippen LogP contribution in [0.1, 0.15) is 17.1 Å². The number of rotatable bonds is 4. The lowest BCUT2D eigenvalue weighted by Crippen LogP contribution is -2.15. The monoisotopic (exact) mass is 360 g/mol. The summed E-state index contributed by atoms with van der Waals surface area (Å²) in [4.78, 5) is 4.02. The second-order valence-electron chi connectivity index (χ2n) is 4.22. The van der Waals surface area contributed by atoms with Crippen molar-refractivity contribution in [2.45, 2.75) is 25.3 Å². The number of aryl methyl sites for hydroxylation is 2. The van der Waals surface area contributed by atoms with Crippen molar-refractivity contribution in [2.24, 2.45) is 0 Å². The summed E-state index contributed by atoms with van der Waals surface area (Å²) in [5, 5.41) is 8.98. The van der Waals surface area contributed by atoms with Crippen molar-refractivity contribution in [2.75, 3.05) is 4.72 Å². The molecule has 0 radical (unpaired) electrons. The van der Waals surface area contributed by atoms with Crippen molar-refractivity contribution in [3.8, 4) is 0 Å². The maximum atomic E-state index is 12.3. The molecular weight excluding hydrogens is 348 g/mol. The van der Waals surface area contributed by atoms with Gasteiger partial charge < -0.3 is 9.52 Å². The minimum absolute atomic E-state index is 0.00864. The van der Waals surface area contributed by atoms with Crippen LogP contribution >= 0.6 is 15.9 Å². The predicted molar refractivity (Wildman–Crippen MR) is 76.9 cm³/mol. The Hall–Kier alpha value is -1.38. The largest absolute Gasteiger partial charge is 0.462 e. The van der Waals surface area contributed by atoms with Gasteiger partial charge in [-0.2, -0.15) is 0 Å². The molecule has 2 aromatic heterocycles. The number of nitrogens with zero attached hydrogens (tertiary/aromatic N) is 1. The number of aromatic nitrogens is 1. The molecule has 0 unspecified atom stereocenters. The van der Waals surface area contributed by atoms with Crippen molar-refractivity contribution in [1.82, 2.24) is 4.98 Å². The van der Waals surface area contributed by atoms with Crippen LogP contribution in [-0.2, 0) is 16.6 Å². The molecule has 2 heterocycles. The zero-order valence-electron chi connectivity index (χ0n) is 10.8. The molecule has 6 nitrogen and oxygen atoms in total. The van der Waals surface area contributed by atoms with E-state index in [1.54, 1.807) is 13.0 Å². The molecule has 0 spiro atoms. The van der Waals surface area contributed by atoms with Crippen LogP contribution in [0.25, 0.3) is 0 Å². The highest BCUT2D eigenvalue weighted by molar-refractivity contribution is 9.10. The normalized spacial score (nSPS) is 11.6. The average molecular weight is 361 g/mol. The predicted octanol–water partition coefficient (Wildman–Crippen LogP) is 2.35. The van der Waals surface area contributed by atoms with E-state index in [0.29, 0.717) is 5.56 Å². The Morgan fingerprint density at radius 1 is 1.40 bits per heavy atom. The average Bonchev–Trinajstić information content (AvgIpc) is 2.75. The van der Waals surface area contributed by atoms with Gasteiger partial charge in [-0.15, -0.1) is 0 Å². The molecule has 20 heavy (non-hydrogen) atoms. The summed E-state index contributed by atoms with van der Waals surface area (Å²) >= 11 is 3.26. The van der Waals surface area contributed by atoms with Gasteiger partial charge in [0, 0.05) is 16.7 Å². The van der Waals surface area contributed by atoms with Crippen LogP contribution in [-0.4, -0.2) is 18.5 Å². The summed E-state index contributed by atoms with van der Waals surface area (Å²) < 4.78 is 32.9. The number of sulfonamides is 1. The van der Waals surface area contributed by atoms with Gasteiger partial charge in [0.1, 0.15) is 28.8 Å². The Balaban J connectivity index is 2.38. The zero-order valence-corrected chi connectivity index (χ0v) is 13.2. The van der Waals surface area contributed by atoms with Gasteiger partial charge >= 0.3 is 0 Å². The zero-order chi connectivity index (χ0) is 14.9. The molecule has 0 saturated carbocycles. The SMILES string of the molecule is Cc1cc(Br)cnc1NS(=O)(=O)c1cc(CO)oc1C. The summed E-state index contributed by atoms with van der Waals surface area (Å²) in [6.07, 6.45) is 1.51. The summed E-state index contributed by atoms with van der Waals surface area (Å²) in [5.41, 5.74) is 0.687. The molecule has 2 N–H and O–H groups in total. The number of hydrogen-bond acceptors (Lipinski definition) is 5. The fraction of sp³-hybridized carbons (Fsp3) is 0.250. The Morgan fingerprint density at radius 3 is 2.65 bits per heavy atom. The van der Waals surface area contributed by atoms with Gasteiger partial charge in [0.05, 0.1) is 0 Å². The van der Waals surface area contributed by atoms with E-state index in [4.69, 9.17) is 9.52 Å². The molecule has 0 amide bonds. The minimum Gasteiger partial charge on any atom is -0.462 e. The number of pyridine rings is 1. The van der Waals surface area contributed by atoms with Crippen molar-refractivity contribution in [1.29, 1.82) is 0 Å². The molecule has 0 fully saturated rings. The molecule has 108 valence electrons. The number of hydrogen-bond donors (Lipinski definition) is 2. The number of aliphatic hydroxyl groups is 1. The molecule has 2 aromatic rings. The quantitative estimate of drug-likeness (QED) is 0.872. The second-order valence-corrected chi connectivity index (χ2v) is 6.78. The highest BCUT2D eigenvalue weighted by atomic mass is 79.9. The van der Waals surface area contributed by atoms with E-state index in [9.17, 15) is 8.42 Å². The van der Waals surface area contributed by atoms with Gasteiger partial charge in [0.25, 0.3) is 10.0 Å². The third kappa shape index (κ3) is 3.02. The third-order valence-electron chi connectivity index (χ3n) is 2.64. The first-order valence-electron chi connectivity index (χ1n) is 5.68. The van der Waals surface area contributed by atoms with Crippen LogP contribution in [0, 0.1) is 13.8 Å². The van der Waals surface area contributed by atoms with Crippen molar-refractivity contribution in [3.05, 3.63) is 39.9 Å². The molecule has 0 atom stereocenters. The molecule has 0 bridgehead atoms. The van der Waals surface area contributed by atoms with Gasteiger partial charge in [-0.05, 0) is 41.4 Å². The van der Waals surface area contributed by atoms with E-state index >= 15 is 0 Å². The lowest BCUT2D eigenvalue weighted by molar-refractivity contribution is 0.245. The van der Waals surface area contributed by atoms with E-state index in [2.05, 4.69) is 25.6 Å². The summed E-state index contributed by atoms with van der Waals surface area (Å²) in [7, 11) is -3.80. The van der Waals surface area contributed by atoms with Crippen LogP contribution in [0.15, 0.2) is 32.1 Å². The van der Waals surface area contributed by atoms with Gasteiger partial charge in [-0.25, -0.2) is 13.4 Å². The van der Waals surface area contributed by atoms with Crippen LogP contribution < -0.4 is 4.72 Å². The summed E-state index contributed by atoms with van der Waals surface area (Å²) in [5.74, 6) is 0.666. The molecule has 0 aliphatic carbocycles. The molecule has 0 aliphatic rings. The maximum absolute atomic E-state index is 12.3. The van der Waals surface area contributed by atoms with Crippen LogP contribution in [0.3, 0.4) is 0 Å². The Kier molecular flexibility index (Phi) is 4.17. The smallest absolute Gasteiger partial charge is 0.266 e. The van der Waals surface area contributed by atoms with E-state index in [0.717, 1.165) is 4.47 Å². The fourth-order valence-electron chi connectivity index (χ4n) is 1.70. The van der Waals surface area contributed by atoms with Crippen LogP contribution in [0.4, 0.5) is 5.82 Å². The molecule has 0 aliphatic heterocycles. The standard InChI is InChI=1S/C12H13BrN2O4S/c1-7-3-9(13)5-14-12(7)15-20(17,18)11-4-10(6-16)19-8(11)2/h3-5,16H,6H2,1-2H3,(H,14,15). The number of nitrogens with one attached hydrogen (secondary N) is 1. The highest BCUT2D eigenvalue weighted by Gasteiger charge is 2.22. The van der Waals surface area contributed by atoms with Crippen molar-refractivity contribution < 1.29 is 17.9 Å². The molecule has 8 heteroatoms. The fourth-order valence-corrected chi connectivity index (χ4v) is 3.43. The van der Waals surface area contributed by atoms with E-state index < -0.39 is 10.0 Å². The van der Waals surface area contributed by atoms with E-state index in [1.165, 1.54) is 19.2 Å².